The van der Waals surface area contributed by atoms with Crippen molar-refractivity contribution < 1.29 is 4.74 Å². The lowest BCUT2D eigenvalue weighted by molar-refractivity contribution is 0.289. The van der Waals surface area contributed by atoms with Gasteiger partial charge in [-0.25, -0.2) is 9.67 Å². The minimum absolute atomic E-state index is 0.593. The number of aromatic nitrogens is 3. The van der Waals surface area contributed by atoms with Gasteiger partial charge in [-0.3, -0.25) is 0 Å². The van der Waals surface area contributed by atoms with Crippen molar-refractivity contribution in [3.05, 3.63) is 41.5 Å². The first-order chi connectivity index (χ1) is 10.2. The van der Waals surface area contributed by atoms with Gasteiger partial charge in [0.2, 0.25) is 0 Å². The van der Waals surface area contributed by atoms with Crippen LogP contribution in [-0.4, -0.2) is 27.9 Å². The summed E-state index contributed by atoms with van der Waals surface area (Å²) in [6, 6.07) is 8.22. The van der Waals surface area contributed by atoms with Gasteiger partial charge >= 0.3 is 0 Å². The Hall–Kier alpha value is -1.88. The molecular formula is C16H24N4O. The lowest BCUT2D eigenvalue weighted by atomic mass is 10.2. The minimum Gasteiger partial charge on any atom is -0.492 e. The molecule has 1 aromatic heterocycles. The summed E-state index contributed by atoms with van der Waals surface area (Å²) in [6.45, 7) is 9.25. The first-order valence-electron chi connectivity index (χ1n) is 7.49. The van der Waals surface area contributed by atoms with Gasteiger partial charge in [-0.15, -0.1) is 0 Å². The lowest BCUT2D eigenvalue weighted by Crippen LogP contribution is -2.14. The molecule has 5 heteroatoms. The predicted octanol–water partition coefficient (Wildman–Crippen LogP) is 2.47. The fraction of sp³-hybridized carbons (Fsp3) is 0.500. The molecule has 0 saturated heterocycles. The Morgan fingerprint density at radius 2 is 2.14 bits per heavy atom. The van der Waals surface area contributed by atoms with E-state index in [4.69, 9.17) is 4.74 Å². The number of nitrogens with one attached hydrogen (secondary N) is 1. The Morgan fingerprint density at radius 3 is 2.86 bits per heavy atom. The van der Waals surface area contributed by atoms with E-state index in [9.17, 15) is 0 Å². The van der Waals surface area contributed by atoms with Crippen molar-refractivity contribution >= 4 is 0 Å². The van der Waals surface area contributed by atoms with Gasteiger partial charge < -0.3 is 10.1 Å². The van der Waals surface area contributed by atoms with Crippen LogP contribution in [0.5, 0.6) is 5.75 Å². The Kier molecular flexibility index (Phi) is 5.75. The second-order valence-electron chi connectivity index (χ2n) is 5.10. The minimum atomic E-state index is 0.593. The highest BCUT2D eigenvalue weighted by molar-refractivity contribution is 5.28. The summed E-state index contributed by atoms with van der Waals surface area (Å²) in [5.41, 5.74) is 1.24. The van der Waals surface area contributed by atoms with Crippen LogP contribution < -0.4 is 10.1 Å². The van der Waals surface area contributed by atoms with Crippen LogP contribution in [-0.2, 0) is 13.1 Å². The maximum atomic E-state index is 5.80. The number of hydrogen-bond donors (Lipinski definition) is 1. The van der Waals surface area contributed by atoms with E-state index in [1.54, 1.807) is 0 Å². The molecule has 0 spiro atoms. The molecule has 0 unspecified atom stereocenters. The third-order valence-electron chi connectivity index (χ3n) is 3.19. The third-order valence-corrected chi connectivity index (χ3v) is 3.19. The molecule has 0 aliphatic rings. The van der Waals surface area contributed by atoms with Crippen molar-refractivity contribution in [2.24, 2.45) is 0 Å². The molecule has 0 aliphatic heterocycles. The smallest absolute Gasteiger partial charge is 0.147 e. The van der Waals surface area contributed by atoms with Crippen LogP contribution in [0, 0.1) is 13.8 Å². The maximum absolute atomic E-state index is 5.80. The Labute approximate surface area is 126 Å². The van der Waals surface area contributed by atoms with Crippen LogP contribution in [0.25, 0.3) is 0 Å². The van der Waals surface area contributed by atoms with Gasteiger partial charge in [-0.2, -0.15) is 5.10 Å². The largest absolute Gasteiger partial charge is 0.492 e. The molecule has 1 N–H and O–H groups in total. The molecule has 2 rings (SSSR count). The van der Waals surface area contributed by atoms with Crippen molar-refractivity contribution in [2.45, 2.75) is 40.3 Å². The molecule has 1 heterocycles. The van der Waals surface area contributed by atoms with Crippen LogP contribution in [0.15, 0.2) is 24.3 Å². The second-order valence-corrected chi connectivity index (χ2v) is 5.10. The third kappa shape index (κ3) is 4.86. The van der Waals surface area contributed by atoms with Gasteiger partial charge in [-0.05, 0) is 44.5 Å². The van der Waals surface area contributed by atoms with E-state index in [-0.39, 0.29) is 0 Å². The average molecular weight is 288 g/mol. The average Bonchev–Trinajstić information content (AvgIpc) is 2.78. The molecule has 0 amide bonds. The molecule has 0 radical (unpaired) electrons. The van der Waals surface area contributed by atoms with E-state index in [0.717, 1.165) is 36.9 Å². The van der Waals surface area contributed by atoms with Gasteiger partial charge in [0.25, 0.3) is 0 Å². The molecule has 1 aromatic carbocycles. The number of hydrogen-bond acceptors (Lipinski definition) is 4. The molecule has 0 fully saturated rings. The van der Waals surface area contributed by atoms with E-state index < -0.39 is 0 Å². The summed E-state index contributed by atoms with van der Waals surface area (Å²) in [6.07, 6.45) is 1.15. The number of ether oxygens (including phenoxy) is 1. The Bertz CT molecular complexity index is 565. The van der Waals surface area contributed by atoms with Crippen molar-refractivity contribution in [2.75, 3.05) is 13.2 Å². The standard InChI is InChI=1S/C16H24N4O/c1-4-8-17-12-15-6-5-7-16(11-15)21-10-9-20-14(3)18-13(2)19-20/h5-7,11,17H,4,8-10,12H2,1-3H3. The van der Waals surface area contributed by atoms with Crippen LogP contribution in [0.2, 0.25) is 0 Å². The van der Waals surface area contributed by atoms with Gasteiger partial charge in [0.1, 0.15) is 24.0 Å². The van der Waals surface area contributed by atoms with Gasteiger partial charge in [0.15, 0.2) is 0 Å². The maximum Gasteiger partial charge on any atom is 0.147 e. The van der Waals surface area contributed by atoms with E-state index in [0.29, 0.717) is 13.2 Å². The zero-order valence-corrected chi connectivity index (χ0v) is 13.1. The van der Waals surface area contributed by atoms with Crippen molar-refractivity contribution in [1.29, 1.82) is 0 Å². The summed E-state index contributed by atoms with van der Waals surface area (Å²) in [5, 5.41) is 7.72. The van der Waals surface area contributed by atoms with Crippen molar-refractivity contribution in [1.82, 2.24) is 20.1 Å². The van der Waals surface area contributed by atoms with Crippen molar-refractivity contribution in [3.63, 3.8) is 0 Å². The van der Waals surface area contributed by atoms with Gasteiger partial charge in [0, 0.05) is 6.54 Å². The fourth-order valence-corrected chi connectivity index (χ4v) is 2.18. The quantitative estimate of drug-likeness (QED) is 0.758. The SMILES string of the molecule is CCCNCc1cccc(OCCn2nc(C)nc2C)c1. The normalized spacial score (nSPS) is 10.8. The van der Waals surface area contributed by atoms with Crippen LogP contribution in [0.4, 0.5) is 0 Å². The van der Waals surface area contributed by atoms with Crippen LogP contribution in [0.3, 0.4) is 0 Å². The highest BCUT2D eigenvalue weighted by Gasteiger charge is 2.02. The topological polar surface area (TPSA) is 52.0 Å². The Morgan fingerprint density at radius 1 is 1.29 bits per heavy atom. The Balaban J connectivity index is 1.82. The molecule has 2 aromatic rings. The summed E-state index contributed by atoms with van der Waals surface area (Å²) >= 11 is 0. The molecule has 0 aliphatic carbocycles. The van der Waals surface area contributed by atoms with Gasteiger partial charge in [-0.1, -0.05) is 19.1 Å². The summed E-state index contributed by atoms with van der Waals surface area (Å²) in [7, 11) is 0. The lowest BCUT2D eigenvalue weighted by Gasteiger charge is -2.09. The first-order valence-corrected chi connectivity index (χ1v) is 7.49. The van der Waals surface area contributed by atoms with Crippen LogP contribution in [0.1, 0.15) is 30.6 Å². The monoisotopic (exact) mass is 288 g/mol. The first kappa shape index (κ1) is 15.5. The molecule has 0 bridgehead atoms. The van der Waals surface area contributed by atoms with Gasteiger partial charge in [0.05, 0.1) is 6.54 Å². The van der Waals surface area contributed by atoms with E-state index in [1.165, 1.54) is 5.56 Å². The summed E-state index contributed by atoms with van der Waals surface area (Å²) < 4.78 is 7.68. The summed E-state index contributed by atoms with van der Waals surface area (Å²) in [4.78, 5) is 4.28. The molecule has 0 saturated carbocycles. The number of nitrogens with zero attached hydrogens (tertiary/aromatic N) is 3. The molecule has 21 heavy (non-hydrogen) atoms. The zero-order valence-electron chi connectivity index (χ0n) is 13.1. The number of benzene rings is 1. The van der Waals surface area contributed by atoms with E-state index in [1.807, 2.05) is 30.7 Å². The van der Waals surface area contributed by atoms with Crippen molar-refractivity contribution in [3.8, 4) is 5.75 Å². The molecule has 5 nitrogen and oxygen atoms in total. The summed E-state index contributed by atoms with van der Waals surface area (Å²) in [5.74, 6) is 2.63. The fourth-order valence-electron chi connectivity index (χ4n) is 2.18. The second kappa shape index (κ2) is 7.78. The molecule has 114 valence electrons. The zero-order chi connectivity index (χ0) is 15.1. The highest BCUT2D eigenvalue weighted by atomic mass is 16.5. The molecule has 0 atom stereocenters. The highest BCUT2D eigenvalue weighted by Crippen LogP contribution is 2.13. The number of aryl methyl sites for hydroxylation is 2. The predicted molar refractivity (Wildman–Crippen MR) is 83.4 cm³/mol. The van der Waals surface area contributed by atoms with Crippen LogP contribution >= 0.6 is 0 Å². The van der Waals surface area contributed by atoms with E-state index in [2.05, 4.69) is 34.5 Å². The van der Waals surface area contributed by atoms with E-state index >= 15 is 0 Å². The number of rotatable bonds is 8. The molecular weight excluding hydrogens is 264 g/mol.